The Morgan fingerprint density at radius 1 is 1.04 bits per heavy atom. The van der Waals surface area contributed by atoms with Crippen LogP contribution in [0.15, 0.2) is 42.7 Å². The molecule has 0 N–H and O–H groups in total. The number of hydrogen-bond acceptors (Lipinski definition) is 5. The minimum Gasteiger partial charge on any atom is -0.264 e. The minimum absolute atomic E-state index is 0.0237. The lowest BCUT2D eigenvalue weighted by Gasteiger charge is -1.99. The third-order valence-corrected chi connectivity index (χ3v) is 4.17. The molecule has 1 aromatic carbocycles. The van der Waals surface area contributed by atoms with Crippen LogP contribution < -0.4 is 0 Å². The van der Waals surface area contributed by atoms with Crippen molar-refractivity contribution >= 4 is 28.4 Å². The van der Waals surface area contributed by atoms with Crippen LogP contribution in [0.1, 0.15) is 10.6 Å². The van der Waals surface area contributed by atoms with Gasteiger partial charge in [-0.25, -0.2) is 8.78 Å². The zero-order valence-electron chi connectivity index (χ0n) is 12.1. The van der Waals surface area contributed by atoms with E-state index in [1.54, 1.807) is 12.4 Å². The summed E-state index contributed by atoms with van der Waals surface area (Å²) in [7, 11) is 0. The van der Waals surface area contributed by atoms with Gasteiger partial charge in [-0.3, -0.25) is 4.98 Å². The molecule has 0 fully saturated rings. The smallest absolute Gasteiger partial charge is 0.235 e. The molecule has 0 saturated heterocycles. The number of nitrogens with zero attached hydrogens (tertiary/aromatic N) is 5. The quantitative estimate of drug-likeness (QED) is 0.570. The molecule has 0 aliphatic carbocycles. The fraction of sp³-hybridized carbons (Fsp3) is 0. The summed E-state index contributed by atoms with van der Waals surface area (Å²) in [5.74, 6) is -1.73. The van der Waals surface area contributed by atoms with Crippen LogP contribution in [0.4, 0.5) is 8.78 Å². The predicted molar refractivity (Wildman–Crippen MR) is 87.2 cm³/mol. The number of rotatable bonds is 3. The summed E-state index contributed by atoms with van der Waals surface area (Å²) >= 11 is 1.30. The largest absolute Gasteiger partial charge is 0.264 e. The SMILES string of the molecule is Fc1cccc(-c2nnc3sc(/C=C/c4cccnc4)nn23)c1F. The maximum absolute atomic E-state index is 14.0. The summed E-state index contributed by atoms with van der Waals surface area (Å²) in [4.78, 5) is 4.53. The van der Waals surface area contributed by atoms with E-state index in [1.807, 2.05) is 24.3 Å². The lowest BCUT2D eigenvalue weighted by molar-refractivity contribution is 0.510. The lowest BCUT2D eigenvalue weighted by Crippen LogP contribution is -1.95. The fourth-order valence-corrected chi connectivity index (χ4v) is 2.93. The van der Waals surface area contributed by atoms with E-state index < -0.39 is 11.6 Å². The Kier molecular flexibility index (Phi) is 3.58. The van der Waals surface area contributed by atoms with Crippen LogP contribution >= 0.6 is 11.3 Å². The third-order valence-electron chi connectivity index (χ3n) is 3.30. The van der Waals surface area contributed by atoms with Crippen LogP contribution in [0, 0.1) is 11.6 Å². The molecule has 0 aliphatic heterocycles. The summed E-state index contributed by atoms with van der Waals surface area (Å²) < 4.78 is 28.8. The summed E-state index contributed by atoms with van der Waals surface area (Å²) in [6, 6.07) is 7.67. The second-order valence-electron chi connectivity index (χ2n) is 4.88. The van der Waals surface area contributed by atoms with E-state index in [-0.39, 0.29) is 11.4 Å². The number of fused-ring (bicyclic) bond motifs is 1. The number of hydrogen-bond donors (Lipinski definition) is 0. The van der Waals surface area contributed by atoms with Crippen molar-refractivity contribution in [2.24, 2.45) is 0 Å². The Labute approximate surface area is 138 Å². The van der Waals surface area contributed by atoms with Gasteiger partial charge in [-0.2, -0.15) is 9.61 Å². The average Bonchev–Trinajstić information content (AvgIpc) is 3.17. The maximum atomic E-state index is 14.0. The van der Waals surface area contributed by atoms with Gasteiger partial charge in [0.1, 0.15) is 5.01 Å². The van der Waals surface area contributed by atoms with Gasteiger partial charge in [0.15, 0.2) is 17.5 Å². The van der Waals surface area contributed by atoms with Crippen molar-refractivity contribution in [3.8, 4) is 11.4 Å². The molecule has 0 aliphatic rings. The average molecular weight is 341 g/mol. The third kappa shape index (κ3) is 2.56. The second-order valence-corrected chi connectivity index (χ2v) is 5.87. The highest BCUT2D eigenvalue weighted by molar-refractivity contribution is 7.17. The van der Waals surface area contributed by atoms with Gasteiger partial charge in [0, 0.05) is 12.4 Å². The first-order valence-corrected chi connectivity index (χ1v) is 7.79. The lowest BCUT2D eigenvalue weighted by atomic mass is 10.2. The monoisotopic (exact) mass is 341 g/mol. The van der Waals surface area contributed by atoms with Crippen molar-refractivity contribution in [3.63, 3.8) is 0 Å². The number of pyridine rings is 1. The topological polar surface area (TPSA) is 56.0 Å². The van der Waals surface area contributed by atoms with Crippen LogP contribution in [-0.4, -0.2) is 24.8 Å². The molecule has 0 unspecified atom stereocenters. The molecule has 0 radical (unpaired) electrons. The number of benzene rings is 1. The molecule has 4 aromatic rings. The van der Waals surface area contributed by atoms with Gasteiger partial charge in [0.25, 0.3) is 0 Å². The van der Waals surface area contributed by atoms with Gasteiger partial charge in [-0.15, -0.1) is 10.2 Å². The van der Waals surface area contributed by atoms with E-state index in [0.717, 1.165) is 11.6 Å². The van der Waals surface area contributed by atoms with E-state index in [9.17, 15) is 8.78 Å². The van der Waals surface area contributed by atoms with Gasteiger partial charge in [0.2, 0.25) is 4.96 Å². The van der Waals surface area contributed by atoms with Crippen LogP contribution in [0.3, 0.4) is 0 Å². The molecule has 0 spiro atoms. The molecule has 118 valence electrons. The number of halogens is 2. The number of aromatic nitrogens is 5. The van der Waals surface area contributed by atoms with Gasteiger partial charge < -0.3 is 0 Å². The van der Waals surface area contributed by atoms with Crippen molar-refractivity contribution in [1.82, 2.24) is 24.8 Å². The molecule has 5 nitrogen and oxygen atoms in total. The van der Waals surface area contributed by atoms with Gasteiger partial charge >= 0.3 is 0 Å². The normalized spacial score (nSPS) is 11.6. The Bertz CT molecular complexity index is 1040. The van der Waals surface area contributed by atoms with E-state index >= 15 is 0 Å². The summed E-state index contributed by atoms with van der Waals surface area (Å²) in [5.41, 5.74) is 0.954. The fourth-order valence-electron chi connectivity index (χ4n) is 2.19. The first-order valence-electron chi connectivity index (χ1n) is 6.97. The first kappa shape index (κ1) is 14.6. The van der Waals surface area contributed by atoms with Crippen LogP contribution in [0.5, 0.6) is 0 Å². The van der Waals surface area contributed by atoms with E-state index in [1.165, 1.54) is 28.0 Å². The molecule has 24 heavy (non-hydrogen) atoms. The van der Waals surface area contributed by atoms with Crippen molar-refractivity contribution < 1.29 is 8.78 Å². The Morgan fingerprint density at radius 2 is 1.96 bits per heavy atom. The first-order chi connectivity index (χ1) is 11.7. The highest BCUT2D eigenvalue weighted by Crippen LogP contribution is 2.25. The van der Waals surface area contributed by atoms with Crippen LogP contribution in [0.2, 0.25) is 0 Å². The summed E-state index contributed by atoms with van der Waals surface area (Å²) in [6.07, 6.45) is 7.09. The molecule has 3 aromatic heterocycles. The molecule has 8 heteroatoms. The summed E-state index contributed by atoms with van der Waals surface area (Å²) in [6.45, 7) is 0. The standard InChI is InChI=1S/C16H9F2N5S/c17-12-5-1-4-11(14(12)18)15-20-21-16-23(15)22-13(24-16)7-6-10-3-2-8-19-9-10/h1-9H/b7-6+. The van der Waals surface area contributed by atoms with Crippen molar-refractivity contribution in [1.29, 1.82) is 0 Å². The summed E-state index contributed by atoms with van der Waals surface area (Å²) in [5, 5.41) is 12.9. The molecule has 0 atom stereocenters. The molecule has 0 bridgehead atoms. The van der Waals surface area contributed by atoms with E-state index in [2.05, 4.69) is 20.3 Å². The van der Waals surface area contributed by atoms with Crippen molar-refractivity contribution in [3.05, 3.63) is 64.9 Å². The van der Waals surface area contributed by atoms with Gasteiger partial charge in [-0.1, -0.05) is 29.5 Å². The zero-order valence-corrected chi connectivity index (χ0v) is 12.9. The van der Waals surface area contributed by atoms with Crippen LogP contribution in [0.25, 0.3) is 28.5 Å². The highest BCUT2D eigenvalue weighted by atomic mass is 32.1. The van der Waals surface area contributed by atoms with Gasteiger partial charge in [0.05, 0.1) is 5.56 Å². The van der Waals surface area contributed by atoms with E-state index in [0.29, 0.717) is 9.97 Å². The minimum atomic E-state index is -0.966. The predicted octanol–water partition coefficient (Wildman–Crippen LogP) is 3.70. The highest BCUT2D eigenvalue weighted by Gasteiger charge is 2.17. The second kappa shape index (κ2) is 5.89. The van der Waals surface area contributed by atoms with Crippen LogP contribution in [-0.2, 0) is 0 Å². The van der Waals surface area contributed by atoms with Crippen molar-refractivity contribution in [2.45, 2.75) is 0 Å². The van der Waals surface area contributed by atoms with Gasteiger partial charge in [-0.05, 0) is 29.8 Å². The Morgan fingerprint density at radius 3 is 2.79 bits per heavy atom. The molecule has 3 heterocycles. The molecular formula is C16H9F2N5S. The van der Waals surface area contributed by atoms with Crippen molar-refractivity contribution in [2.75, 3.05) is 0 Å². The molecule has 4 rings (SSSR count). The molecule has 0 amide bonds. The maximum Gasteiger partial charge on any atom is 0.235 e. The molecule has 0 saturated carbocycles. The zero-order chi connectivity index (χ0) is 16.5. The van der Waals surface area contributed by atoms with E-state index in [4.69, 9.17) is 0 Å². The Balaban J connectivity index is 1.74. The Hall–Kier alpha value is -3.00. The molecular weight excluding hydrogens is 332 g/mol.